The highest BCUT2D eigenvalue weighted by molar-refractivity contribution is 5.95. The van der Waals surface area contributed by atoms with Crippen molar-refractivity contribution in [2.24, 2.45) is 0 Å². The molecule has 0 radical (unpaired) electrons. The topological polar surface area (TPSA) is 85.2 Å². The van der Waals surface area contributed by atoms with Gasteiger partial charge >= 0.3 is 12.0 Å². The number of ether oxygens (including phenoxy) is 1. The molecule has 2 aromatic carbocycles. The first-order chi connectivity index (χ1) is 15.0. The number of allylic oxidation sites excluding steroid dienone is 1. The number of rotatable bonds is 5. The SMILES string of the molecule is CCOC(=O)C1=C(C)NC(=O)NC1c1cn(-c2ccccc2)nc1-c1ccc(F)cc1. The molecule has 1 aliphatic heterocycles. The molecule has 1 aliphatic rings. The fourth-order valence-electron chi connectivity index (χ4n) is 3.55. The first-order valence-corrected chi connectivity index (χ1v) is 9.84. The number of nitrogens with zero attached hydrogens (tertiary/aromatic N) is 2. The van der Waals surface area contributed by atoms with E-state index in [1.165, 1.54) is 12.1 Å². The van der Waals surface area contributed by atoms with Gasteiger partial charge in [0, 0.05) is 23.0 Å². The van der Waals surface area contributed by atoms with Crippen LogP contribution in [0.3, 0.4) is 0 Å². The number of carbonyl (C=O) groups excluding carboxylic acids is 2. The summed E-state index contributed by atoms with van der Waals surface area (Å²) < 4.78 is 20.4. The third kappa shape index (κ3) is 4.05. The second-order valence-electron chi connectivity index (χ2n) is 7.01. The van der Waals surface area contributed by atoms with Crippen molar-refractivity contribution in [3.05, 3.63) is 83.4 Å². The molecule has 1 atom stereocenters. The Kier molecular flexibility index (Phi) is 5.53. The van der Waals surface area contributed by atoms with Crippen molar-refractivity contribution in [2.75, 3.05) is 6.61 Å². The molecule has 1 unspecified atom stereocenters. The lowest BCUT2D eigenvalue weighted by Crippen LogP contribution is -2.45. The number of carbonyl (C=O) groups is 2. The van der Waals surface area contributed by atoms with E-state index in [0.29, 0.717) is 22.5 Å². The maximum Gasteiger partial charge on any atom is 0.338 e. The predicted octanol–water partition coefficient (Wildman–Crippen LogP) is 3.87. The van der Waals surface area contributed by atoms with Crippen LogP contribution in [0.4, 0.5) is 9.18 Å². The summed E-state index contributed by atoms with van der Waals surface area (Å²) in [5.74, 6) is -0.902. The van der Waals surface area contributed by atoms with Gasteiger partial charge in [0.25, 0.3) is 0 Å². The van der Waals surface area contributed by atoms with E-state index in [0.717, 1.165) is 5.69 Å². The smallest absolute Gasteiger partial charge is 0.338 e. The highest BCUT2D eigenvalue weighted by Gasteiger charge is 2.35. The van der Waals surface area contributed by atoms with Gasteiger partial charge in [-0.1, -0.05) is 18.2 Å². The Morgan fingerprint density at radius 1 is 1.16 bits per heavy atom. The zero-order valence-corrected chi connectivity index (χ0v) is 17.1. The summed E-state index contributed by atoms with van der Waals surface area (Å²) in [4.78, 5) is 25.0. The molecule has 0 aliphatic carbocycles. The van der Waals surface area contributed by atoms with E-state index in [-0.39, 0.29) is 18.0 Å². The number of hydrogen-bond acceptors (Lipinski definition) is 4. The lowest BCUT2D eigenvalue weighted by Gasteiger charge is -2.27. The van der Waals surface area contributed by atoms with Gasteiger partial charge in [-0.25, -0.2) is 18.7 Å². The molecule has 2 amide bonds. The van der Waals surface area contributed by atoms with E-state index in [1.54, 1.807) is 36.9 Å². The second-order valence-corrected chi connectivity index (χ2v) is 7.01. The number of amides is 2. The molecule has 3 aromatic rings. The van der Waals surface area contributed by atoms with E-state index in [4.69, 9.17) is 9.84 Å². The van der Waals surface area contributed by atoms with E-state index >= 15 is 0 Å². The van der Waals surface area contributed by atoms with Gasteiger partial charge in [-0.3, -0.25) is 0 Å². The first kappa shape index (κ1) is 20.3. The minimum absolute atomic E-state index is 0.199. The number of benzene rings is 2. The average molecular weight is 420 g/mol. The lowest BCUT2D eigenvalue weighted by molar-refractivity contribution is -0.139. The van der Waals surface area contributed by atoms with Crippen LogP contribution in [0.2, 0.25) is 0 Å². The Morgan fingerprint density at radius 2 is 1.87 bits per heavy atom. The van der Waals surface area contributed by atoms with Gasteiger partial charge in [0.05, 0.1) is 29.6 Å². The number of esters is 1. The lowest BCUT2D eigenvalue weighted by atomic mass is 9.94. The fraction of sp³-hybridized carbons (Fsp3) is 0.174. The molecule has 1 aromatic heterocycles. The monoisotopic (exact) mass is 420 g/mol. The molecular weight excluding hydrogens is 399 g/mol. The predicted molar refractivity (Wildman–Crippen MR) is 113 cm³/mol. The maximum absolute atomic E-state index is 13.5. The number of nitrogens with one attached hydrogen (secondary N) is 2. The Bertz CT molecular complexity index is 1150. The highest BCUT2D eigenvalue weighted by Crippen LogP contribution is 2.35. The summed E-state index contributed by atoms with van der Waals surface area (Å²) in [6.45, 7) is 3.57. The minimum Gasteiger partial charge on any atom is -0.463 e. The molecule has 0 saturated carbocycles. The van der Waals surface area contributed by atoms with Crippen molar-refractivity contribution in [1.29, 1.82) is 0 Å². The van der Waals surface area contributed by atoms with Gasteiger partial charge in [0.15, 0.2) is 0 Å². The van der Waals surface area contributed by atoms with Crippen molar-refractivity contribution in [3.8, 4) is 16.9 Å². The Morgan fingerprint density at radius 3 is 2.55 bits per heavy atom. The normalized spacial score (nSPS) is 16.0. The average Bonchev–Trinajstić information content (AvgIpc) is 3.20. The number of urea groups is 1. The number of hydrogen-bond donors (Lipinski definition) is 2. The third-order valence-corrected chi connectivity index (χ3v) is 4.96. The van der Waals surface area contributed by atoms with Gasteiger partial charge < -0.3 is 15.4 Å². The third-order valence-electron chi connectivity index (χ3n) is 4.96. The van der Waals surface area contributed by atoms with Crippen LogP contribution in [0.5, 0.6) is 0 Å². The first-order valence-electron chi connectivity index (χ1n) is 9.84. The summed E-state index contributed by atoms with van der Waals surface area (Å²) in [5.41, 5.74) is 3.26. The molecule has 158 valence electrons. The van der Waals surface area contributed by atoms with Gasteiger partial charge in [-0.2, -0.15) is 5.10 Å². The van der Waals surface area contributed by atoms with Crippen LogP contribution in [0, 0.1) is 5.82 Å². The van der Waals surface area contributed by atoms with Crippen LogP contribution in [0.25, 0.3) is 16.9 Å². The number of para-hydroxylation sites is 1. The largest absolute Gasteiger partial charge is 0.463 e. The summed E-state index contributed by atoms with van der Waals surface area (Å²) >= 11 is 0. The molecule has 0 bridgehead atoms. The number of halogens is 1. The zero-order chi connectivity index (χ0) is 22.0. The Labute approximate surface area is 178 Å². The van der Waals surface area contributed by atoms with Gasteiger partial charge in [0.2, 0.25) is 0 Å². The van der Waals surface area contributed by atoms with Crippen LogP contribution >= 0.6 is 0 Å². The summed E-state index contributed by atoms with van der Waals surface area (Å²) in [7, 11) is 0. The highest BCUT2D eigenvalue weighted by atomic mass is 19.1. The van der Waals surface area contributed by atoms with Gasteiger partial charge in [0.1, 0.15) is 5.82 Å². The van der Waals surface area contributed by atoms with Gasteiger partial charge in [-0.15, -0.1) is 0 Å². The molecule has 0 spiro atoms. The Hall–Kier alpha value is -3.94. The quantitative estimate of drug-likeness (QED) is 0.614. The van der Waals surface area contributed by atoms with Gasteiger partial charge in [-0.05, 0) is 50.2 Å². The van der Waals surface area contributed by atoms with E-state index < -0.39 is 18.0 Å². The second kappa shape index (κ2) is 8.43. The van der Waals surface area contributed by atoms with Crippen molar-refractivity contribution >= 4 is 12.0 Å². The maximum atomic E-state index is 13.5. The summed E-state index contributed by atoms with van der Waals surface area (Å²) in [6.07, 6.45) is 1.76. The van der Waals surface area contributed by atoms with Crippen LogP contribution in [0.15, 0.2) is 72.1 Å². The van der Waals surface area contributed by atoms with E-state index in [1.807, 2.05) is 30.3 Å². The van der Waals surface area contributed by atoms with Crippen LogP contribution in [0.1, 0.15) is 25.5 Å². The molecule has 0 saturated heterocycles. The Balaban J connectivity index is 1.90. The zero-order valence-electron chi connectivity index (χ0n) is 17.1. The molecule has 0 fully saturated rings. The molecule has 7 nitrogen and oxygen atoms in total. The van der Waals surface area contributed by atoms with E-state index in [2.05, 4.69) is 10.6 Å². The van der Waals surface area contributed by atoms with Crippen molar-refractivity contribution in [1.82, 2.24) is 20.4 Å². The van der Waals surface area contributed by atoms with Crippen molar-refractivity contribution in [3.63, 3.8) is 0 Å². The molecule has 31 heavy (non-hydrogen) atoms. The molecule has 4 rings (SSSR count). The molecule has 2 heterocycles. The fourth-order valence-corrected chi connectivity index (χ4v) is 3.55. The summed E-state index contributed by atoms with van der Waals surface area (Å²) in [6, 6.07) is 14.1. The minimum atomic E-state index is -0.787. The van der Waals surface area contributed by atoms with E-state index in [9.17, 15) is 14.0 Å². The standard InChI is InChI=1S/C23H21FN4O3/c1-3-31-22(29)19-14(2)25-23(30)26-21(19)18-13-28(17-7-5-4-6-8-17)27-20(18)15-9-11-16(24)12-10-15/h4-13,21H,3H2,1-2H3,(H2,25,26,30). The molecule has 8 heteroatoms. The summed E-state index contributed by atoms with van der Waals surface area (Å²) in [5, 5.41) is 10.1. The number of aromatic nitrogens is 2. The van der Waals surface area contributed by atoms with Crippen LogP contribution < -0.4 is 10.6 Å². The van der Waals surface area contributed by atoms with Crippen molar-refractivity contribution in [2.45, 2.75) is 19.9 Å². The van der Waals surface area contributed by atoms with Crippen LogP contribution in [-0.4, -0.2) is 28.4 Å². The van der Waals surface area contributed by atoms with Crippen molar-refractivity contribution < 1.29 is 18.7 Å². The van der Waals surface area contributed by atoms with Crippen LogP contribution in [-0.2, 0) is 9.53 Å². The molecular formula is C23H21FN4O3. The molecule has 2 N–H and O–H groups in total.